The molecular weight excluding hydrogens is 554 g/mol. The molecule has 1 saturated heterocycles. The van der Waals surface area contributed by atoms with Crippen LogP contribution in [0, 0.1) is 17.1 Å². The van der Waals surface area contributed by atoms with Crippen LogP contribution in [0.25, 0.3) is 11.1 Å². The number of hydrogen-bond acceptors (Lipinski definition) is 6. The molecule has 1 aromatic heterocycles. The van der Waals surface area contributed by atoms with Crippen LogP contribution in [0.3, 0.4) is 0 Å². The number of halogens is 5. The zero-order chi connectivity index (χ0) is 29.5. The van der Waals surface area contributed by atoms with Crippen LogP contribution in [-0.4, -0.2) is 53.1 Å². The molecular formula is C27H24ClF4N5O3. The van der Waals surface area contributed by atoms with Crippen LogP contribution >= 0.6 is 11.6 Å². The molecule has 1 aliphatic heterocycles. The topological polar surface area (TPSA) is 112 Å². The molecule has 3 aromatic rings. The quantitative estimate of drug-likeness (QED) is 0.367. The summed E-state index contributed by atoms with van der Waals surface area (Å²) in [6.07, 6.45) is -4.32. The zero-order valence-corrected chi connectivity index (χ0v) is 22.3. The minimum Gasteiger partial charge on any atom is -0.505 e. The molecule has 0 spiro atoms. The highest BCUT2D eigenvalue weighted by molar-refractivity contribution is 6.32. The highest BCUT2D eigenvalue weighted by Gasteiger charge is 2.36. The number of amides is 1. The number of phenolic OH excluding ortho intramolecular Hbond substituents is 1. The lowest BCUT2D eigenvalue weighted by atomic mass is 9.99. The number of nitrogens with zero attached hydrogens (tertiary/aromatic N) is 3. The third-order valence-corrected chi connectivity index (χ3v) is 7.29. The number of aromatic nitrogens is 1. The van der Waals surface area contributed by atoms with Crippen LogP contribution in [-0.2, 0) is 6.18 Å². The van der Waals surface area contributed by atoms with Gasteiger partial charge in [-0.2, -0.15) is 18.4 Å². The fourth-order valence-corrected chi connectivity index (χ4v) is 4.89. The summed E-state index contributed by atoms with van der Waals surface area (Å²) in [5, 5.41) is 21.6. The van der Waals surface area contributed by atoms with Crippen molar-refractivity contribution >= 4 is 28.9 Å². The van der Waals surface area contributed by atoms with Gasteiger partial charge in [-0.15, -0.1) is 0 Å². The number of phenols is 1. The number of nitriles is 1. The van der Waals surface area contributed by atoms with Crippen LogP contribution in [0.4, 0.5) is 28.9 Å². The average Bonchev–Trinajstić information content (AvgIpc) is 2.88. The maximum atomic E-state index is 15.6. The van der Waals surface area contributed by atoms with Crippen molar-refractivity contribution in [2.75, 3.05) is 30.4 Å². The highest BCUT2D eigenvalue weighted by Crippen LogP contribution is 2.39. The third-order valence-electron chi connectivity index (χ3n) is 7.00. The minimum atomic E-state index is -4.99. The van der Waals surface area contributed by atoms with E-state index in [0.29, 0.717) is 19.3 Å². The number of likely N-dealkylation sites (N-methyl/N-ethyl adjacent to an activating group) is 1. The summed E-state index contributed by atoms with van der Waals surface area (Å²) in [4.78, 5) is 30.8. The third kappa shape index (κ3) is 5.61. The molecule has 2 aromatic carbocycles. The van der Waals surface area contributed by atoms with Crippen molar-refractivity contribution in [3.8, 4) is 22.9 Å². The van der Waals surface area contributed by atoms with E-state index in [4.69, 9.17) is 11.6 Å². The monoisotopic (exact) mass is 577 g/mol. The smallest absolute Gasteiger partial charge is 0.417 e. The van der Waals surface area contributed by atoms with Crippen molar-refractivity contribution in [3.05, 3.63) is 74.4 Å². The van der Waals surface area contributed by atoms with Gasteiger partial charge in [-0.25, -0.2) is 4.39 Å². The van der Waals surface area contributed by atoms with E-state index >= 15 is 4.39 Å². The summed E-state index contributed by atoms with van der Waals surface area (Å²) in [6.45, 7) is 4.78. The standard InChI is InChI=1S/C27H24ClF4N5O3/c1-13-11-37(12-14(2)36(13)3)23-8-21(29)17(15-4-16(9-33)25(39)20(28)5-15)6-22(23)35-26(40)18-10-34-24(38)7-19(18)27(30,31)32/h4-8,10,13-14,39H,11-12H2,1-3H3,(H,34,38)(H,35,40). The lowest BCUT2D eigenvalue weighted by Gasteiger charge is -2.44. The largest absolute Gasteiger partial charge is 0.505 e. The Labute approximate surface area is 231 Å². The maximum Gasteiger partial charge on any atom is 0.417 e. The summed E-state index contributed by atoms with van der Waals surface area (Å²) in [5.74, 6) is -2.42. The van der Waals surface area contributed by atoms with E-state index < -0.39 is 40.3 Å². The molecule has 0 saturated carbocycles. The Balaban J connectivity index is 1.87. The van der Waals surface area contributed by atoms with E-state index in [1.807, 2.05) is 25.8 Å². The predicted molar refractivity (Wildman–Crippen MR) is 142 cm³/mol. The average molecular weight is 578 g/mol. The van der Waals surface area contributed by atoms with Crippen LogP contribution in [0.1, 0.15) is 35.3 Å². The number of piperazine rings is 1. The molecule has 0 bridgehead atoms. The molecule has 1 fully saturated rings. The fourth-order valence-electron chi connectivity index (χ4n) is 4.67. The van der Waals surface area contributed by atoms with Crippen LogP contribution in [0.2, 0.25) is 5.02 Å². The van der Waals surface area contributed by atoms with Gasteiger partial charge in [-0.05, 0) is 50.7 Å². The molecule has 2 heterocycles. The molecule has 40 heavy (non-hydrogen) atoms. The van der Waals surface area contributed by atoms with Gasteiger partial charge in [0.25, 0.3) is 5.91 Å². The van der Waals surface area contributed by atoms with Crippen molar-refractivity contribution in [2.45, 2.75) is 32.1 Å². The molecule has 2 unspecified atom stereocenters. The summed E-state index contributed by atoms with van der Waals surface area (Å²) >= 11 is 6.03. The normalized spacial score (nSPS) is 17.9. The number of benzene rings is 2. The SMILES string of the molecule is CC1CN(c2cc(F)c(-c3cc(Cl)c(O)c(C#N)c3)cc2NC(=O)c2c[nH]c(=O)cc2C(F)(F)F)CC(C)N1C. The van der Waals surface area contributed by atoms with E-state index in [9.17, 15) is 33.1 Å². The summed E-state index contributed by atoms with van der Waals surface area (Å²) in [7, 11) is 1.94. The van der Waals surface area contributed by atoms with Crippen molar-refractivity contribution in [3.63, 3.8) is 0 Å². The number of hydrogen-bond donors (Lipinski definition) is 3. The molecule has 2 atom stereocenters. The maximum absolute atomic E-state index is 15.6. The van der Waals surface area contributed by atoms with E-state index in [1.165, 1.54) is 18.2 Å². The molecule has 0 radical (unpaired) electrons. The van der Waals surface area contributed by atoms with Gasteiger partial charge in [-0.3, -0.25) is 14.5 Å². The lowest BCUT2D eigenvalue weighted by Crippen LogP contribution is -2.55. The number of H-pyrrole nitrogens is 1. The number of carbonyl (C=O) groups excluding carboxylic acids is 1. The van der Waals surface area contributed by atoms with Crippen molar-refractivity contribution < 1.29 is 27.5 Å². The van der Waals surface area contributed by atoms with Gasteiger partial charge in [0.2, 0.25) is 5.56 Å². The van der Waals surface area contributed by atoms with E-state index in [0.717, 1.165) is 6.07 Å². The molecule has 4 rings (SSSR count). The second kappa shape index (κ2) is 10.8. The Morgan fingerprint density at radius 3 is 2.42 bits per heavy atom. The lowest BCUT2D eigenvalue weighted by molar-refractivity contribution is -0.138. The number of rotatable bonds is 4. The van der Waals surface area contributed by atoms with Crippen LogP contribution in [0.5, 0.6) is 5.75 Å². The van der Waals surface area contributed by atoms with Crippen molar-refractivity contribution in [2.24, 2.45) is 0 Å². The molecule has 3 N–H and O–H groups in total. The Kier molecular flexibility index (Phi) is 7.83. The van der Waals surface area contributed by atoms with Gasteiger partial charge in [-0.1, -0.05) is 11.6 Å². The van der Waals surface area contributed by atoms with E-state index in [1.54, 1.807) is 6.07 Å². The first-order valence-electron chi connectivity index (χ1n) is 12.1. The molecule has 1 aliphatic rings. The second-order valence-electron chi connectivity index (χ2n) is 9.66. The minimum absolute atomic E-state index is 0.00705. The molecule has 8 nitrogen and oxygen atoms in total. The number of aromatic amines is 1. The number of carbonyl (C=O) groups is 1. The Morgan fingerprint density at radius 2 is 1.82 bits per heavy atom. The number of aromatic hydroxyl groups is 1. The van der Waals surface area contributed by atoms with E-state index in [-0.39, 0.29) is 51.2 Å². The second-order valence-corrected chi connectivity index (χ2v) is 10.1. The first-order valence-corrected chi connectivity index (χ1v) is 12.4. The van der Waals surface area contributed by atoms with Gasteiger partial charge in [0, 0.05) is 43.0 Å². The number of alkyl halides is 3. The van der Waals surface area contributed by atoms with Gasteiger partial charge in [0.05, 0.1) is 33.1 Å². The summed E-state index contributed by atoms with van der Waals surface area (Å²) in [5.41, 5.74) is -3.32. The Bertz CT molecular complexity index is 1570. The Morgan fingerprint density at radius 1 is 1.18 bits per heavy atom. The number of anilines is 2. The van der Waals surface area contributed by atoms with E-state index in [2.05, 4.69) is 15.2 Å². The Hall–Kier alpha value is -4.08. The molecule has 1 amide bonds. The van der Waals surface area contributed by atoms with Gasteiger partial charge in [0.1, 0.15) is 11.9 Å². The first-order chi connectivity index (χ1) is 18.7. The highest BCUT2D eigenvalue weighted by atomic mass is 35.5. The van der Waals surface area contributed by atoms with Gasteiger partial charge >= 0.3 is 6.18 Å². The fraction of sp³-hybridized carbons (Fsp3) is 0.296. The van der Waals surface area contributed by atoms with Crippen molar-refractivity contribution in [1.29, 1.82) is 5.26 Å². The van der Waals surface area contributed by atoms with Crippen molar-refractivity contribution in [1.82, 2.24) is 9.88 Å². The summed E-state index contributed by atoms with van der Waals surface area (Å²) < 4.78 is 56.5. The zero-order valence-electron chi connectivity index (χ0n) is 21.5. The first kappa shape index (κ1) is 28.9. The molecule has 13 heteroatoms. The van der Waals surface area contributed by atoms with Crippen LogP contribution in [0.15, 0.2) is 41.3 Å². The summed E-state index contributed by atoms with van der Waals surface area (Å²) in [6, 6.07) is 6.92. The molecule has 210 valence electrons. The predicted octanol–water partition coefficient (Wildman–Crippen LogP) is 5.21. The van der Waals surface area contributed by atoms with Crippen LogP contribution < -0.4 is 15.8 Å². The number of nitrogens with one attached hydrogen (secondary N) is 2. The van der Waals surface area contributed by atoms with Gasteiger partial charge < -0.3 is 20.3 Å². The van der Waals surface area contributed by atoms with Gasteiger partial charge in [0.15, 0.2) is 5.75 Å². The number of pyridine rings is 1. The molecule has 0 aliphatic carbocycles.